The van der Waals surface area contributed by atoms with Crippen LogP contribution in [0.1, 0.15) is 0 Å². The van der Waals surface area contributed by atoms with Crippen LogP contribution < -0.4 is 14.4 Å². The van der Waals surface area contributed by atoms with Gasteiger partial charge < -0.3 is 19.5 Å². The van der Waals surface area contributed by atoms with Gasteiger partial charge >= 0.3 is 0 Å². The van der Waals surface area contributed by atoms with E-state index in [1.807, 2.05) is 54.5 Å². The van der Waals surface area contributed by atoms with Crippen LogP contribution in [0.4, 0.5) is 11.4 Å². The number of rotatable bonds is 6. The van der Waals surface area contributed by atoms with Gasteiger partial charge in [-0.15, -0.1) is 0 Å². The van der Waals surface area contributed by atoms with Crippen molar-refractivity contribution < 1.29 is 14.6 Å². The lowest BCUT2D eigenvalue weighted by Gasteiger charge is -2.24. The van der Waals surface area contributed by atoms with Gasteiger partial charge in [0.2, 0.25) is 0 Å². The van der Waals surface area contributed by atoms with Gasteiger partial charge in [0.15, 0.2) is 0 Å². The third kappa shape index (κ3) is 4.48. The lowest BCUT2D eigenvalue weighted by molar-refractivity contribution is 0.350. The molecule has 0 spiro atoms. The molecule has 8 nitrogen and oxygen atoms in total. The Labute approximate surface area is 186 Å². The first kappa shape index (κ1) is 21.2. The molecular weight excluding hydrogens is 406 g/mol. The molecule has 0 atom stereocenters. The highest BCUT2D eigenvalue weighted by molar-refractivity contribution is 5.83. The van der Waals surface area contributed by atoms with Gasteiger partial charge in [-0.1, -0.05) is 11.8 Å². The molecule has 32 heavy (non-hydrogen) atoms. The topological polar surface area (TPSA) is 85.5 Å². The maximum Gasteiger partial charge on any atom is 0.124 e. The molecule has 0 aliphatic carbocycles. The Kier molecular flexibility index (Phi) is 6.19. The van der Waals surface area contributed by atoms with Crippen LogP contribution in [0.15, 0.2) is 55.0 Å². The van der Waals surface area contributed by atoms with E-state index in [9.17, 15) is 0 Å². The van der Waals surface area contributed by atoms with Crippen molar-refractivity contribution in [1.82, 2.24) is 19.7 Å². The normalized spacial score (nSPS) is 10.5. The smallest absolute Gasteiger partial charge is 0.124 e. The van der Waals surface area contributed by atoms with Crippen molar-refractivity contribution in [1.29, 1.82) is 0 Å². The Bertz CT molecular complexity index is 1280. The van der Waals surface area contributed by atoms with Crippen molar-refractivity contribution in [2.75, 3.05) is 32.3 Å². The molecule has 162 valence electrons. The highest BCUT2D eigenvalue weighted by atomic mass is 16.5. The van der Waals surface area contributed by atoms with Crippen molar-refractivity contribution in [3.8, 4) is 34.6 Å². The SMILES string of the molecule is COc1cc(OC)cc(N(CC#CCO)c2ccc3ncc(-c4cnn(C)c4)nc3c2)c1. The number of nitrogens with zero attached hydrogens (tertiary/aromatic N) is 5. The molecule has 2 aromatic heterocycles. The second-order valence-electron chi connectivity index (χ2n) is 7.00. The maximum atomic E-state index is 9.11. The minimum atomic E-state index is -0.201. The number of aryl methyl sites for hydroxylation is 1. The van der Waals surface area contributed by atoms with Crippen LogP contribution >= 0.6 is 0 Å². The molecule has 1 N–H and O–H groups in total. The molecule has 8 heteroatoms. The van der Waals surface area contributed by atoms with E-state index in [4.69, 9.17) is 19.6 Å². The van der Waals surface area contributed by atoms with Gasteiger partial charge in [0.25, 0.3) is 0 Å². The van der Waals surface area contributed by atoms with Crippen molar-refractivity contribution in [3.63, 3.8) is 0 Å². The quantitative estimate of drug-likeness (QED) is 0.471. The maximum absolute atomic E-state index is 9.11. The van der Waals surface area contributed by atoms with E-state index in [-0.39, 0.29) is 6.61 Å². The molecule has 0 saturated heterocycles. The summed E-state index contributed by atoms with van der Waals surface area (Å²) in [5.74, 6) is 7.03. The first-order valence-corrected chi connectivity index (χ1v) is 9.94. The first-order valence-electron chi connectivity index (χ1n) is 9.94. The molecule has 0 unspecified atom stereocenters. The largest absolute Gasteiger partial charge is 0.497 e. The van der Waals surface area contributed by atoms with Gasteiger partial charge in [-0.25, -0.2) is 4.98 Å². The Hall–Kier alpha value is -4.09. The second kappa shape index (κ2) is 9.37. The number of anilines is 2. The molecule has 0 bridgehead atoms. The average Bonchev–Trinajstić information content (AvgIpc) is 3.27. The zero-order valence-corrected chi connectivity index (χ0v) is 18.1. The minimum absolute atomic E-state index is 0.201. The zero-order chi connectivity index (χ0) is 22.5. The van der Waals surface area contributed by atoms with Crippen molar-refractivity contribution in [2.45, 2.75) is 0 Å². The van der Waals surface area contributed by atoms with Gasteiger partial charge in [0.1, 0.15) is 18.1 Å². The number of aromatic nitrogens is 4. The molecule has 0 fully saturated rings. The minimum Gasteiger partial charge on any atom is -0.497 e. The molecule has 4 rings (SSSR count). The Morgan fingerprint density at radius 3 is 2.41 bits per heavy atom. The third-order valence-electron chi connectivity index (χ3n) is 4.93. The number of fused-ring (bicyclic) bond motifs is 1. The standard InChI is InChI=1S/C24H23N5O3/c1-28-16-17(14-26-28)24-15-25-22-7-6-18(12-23(22)27-24)29(8-4-5-9-30)19-10-20(31-2)13-21(11-19)32-3/h6-7,10-16,30H,8-9H2,1-3H3. The molecule has 2 heterocycles. The summed E-state index contributed by atoms with van der Waals surface area (Å²) in [5, 5.41) is 13.3. The number of hydrogen-bond donors (Lipinski definition) is 1. The Balaban J connectivity index is 1.80. The van der Waals surface area contributed by atoms with E-state index in [1.165, 1.54) is 0 Å². The second-order valence-corrected chi connectivity index (χ2v) is 7.00. The predicted molar refractivity (Wildman–Crippen MR) is 123 cm³/mol. The molecule has 0 aliphatic rings. The van der Waals surface area contributed by atoms with Crippen LogP contribution in [0, 0.1) is 11.8 Å². The summed E-state index contributed by atoms with van der Waals surface area (Å²) < 4.78 is 12.6. The van der Waals surface area contributed by atoms with Crippen LogP contribution in [0.5, 0.6) is 11.5 Å². The Morgan fingerprint density at radius 2 is 1.75 bits per heavy atom. The van der Waals surface area contributed by atoms with Gasteiger partial charge in [-0.3, -0.25) is 9.67 Å². The molecule has 0 amide bonds. The Morgan fingerprint density at radius 1 is 0.969 bits per heavy atom. The van der Waals surface area contributed by atoms with E-state index in [2.05, 4.69) is 21.9 Å². The lowest BCUT2D eigenvalue weighted by atomic mass is 10.2. The van der Waals surface area contributed by atoms with Crippen LogP contribution in [0.2, 0.25) is 0 Å². The number of hydrogen-bond acceptors (Lipinski definition) is 7. The first-order chi connectivity index (χ1) is 15.6. The van der Waals surface area contributed by atoms with Crippen LogP contribution in [0.3, 0.4) is 0 Å². The summed E-state index contributed by atoms with van der Waals surface area (Å²) in [6, 6.07) is 11.5. The van der Waals surface area contributed by atoms with Gasteiger partial charge in [0, 0.05) is 48.4 Å². The van der Waals surface area contributed by atoms with E-state index < -0.39 is 0 Å². The average molecular weight is 429 g/mol. The summed E-state index contributed by atoms with van der Waals surface area (Å²) in [7, 11) is 5.09. The van der Waals surface area contributed by atoms with E-state index in [0.717, 1.165) is 33.7 Å². The molecule has 0 saturated carbocycles. The fraction of sp³-hybridized carbons (Fsp3) is 0.208. The van der Waals surface area contributed by atoms with Crippen molar-refractivity contribution in [2.24, 2.45) is 7.05 Å². The number of aliphatic hydroxyl groups is 1. The summed E-state index contributed by atoms with van der Waals surface area (Å²) >= 11 is 0. The number of ether oxygens (including phenoxy) is 2. The third-order valence-corrected chi connectivity index (χ3v) is 4.93. The summed E-state index contributed by atoms with van der Waals surface area (Å²) in [6.07, 6.45) is 5.41. The summed E-state index contributed by atoms with van der Waals surface area (Å²) in [5.41, 5.74) is 4.89. The van der Waals surface area contributed by atoms with Crippen molar-refractivity contribution in [3.05, 3.63) is 55.0 Å². The van der Waals surface area contributed by atoms with Gasteiger partial charge in [0.05, 0.1) is 49.9 Å². The number of benzene rings is 2. The molecule has 0 radical (unpaired) electrons. The van der Waals surface area contributed by atoms with E-state index in [0.29, 0.717) is 18.0 Å². The van der Waals surface area contributed by atoms with Gasteiger partial charge in [-0.2, -0.15) is 5.10 Å². The number of aliphatic hydroxyl groups excluding tert-OH is 1. The van der Waals surface area contributed by atoms with Crippen LogP contribution in [-0.2, 0) is 7.05 Å². The van der Waals surface area contributed by atoms with E-state index >= 15 is 0 Å². The molecule has 0 aliphatic heterocycles. The molecule has 2 aromatic carbocycles. The fourth-order valence-corrected chi connectivity index (χ4v) is 3.33. The molecular formula is C24H23N5O3. The zero-order valence-electron chi connectivity index (χ0n) is 18.1. The number of methoxy groups -OCH3 is 2. The van der Waals surface area contributed by atoms with Crippen LogP contribution in [-0.4, -0.2) is 52.2 Å². The highest BCUT2D eigenvalue weighted by Gasteiger charge is 2.14. The summed E-state index contributed by atoms with van der Waals surface area (Å²) in [6.45, 7) is 0.158. The van der Waals surface area contributed by atoms with E-state index in [1.54, 1.807) is 31.3 Å². The highest BCUT2D eigenvalue weighted by Crippen LogP contribution is 2.33. The summed E-state index contributed by atoms with van der Waals surface area (Å²) in [4.78, 5) is 11.3. The molecule has 4 aromatic rings. The monoisotopic (exact) mass is 429 g/mol. The van der Waals surface area contributed by atoms with Crippen LogP contribution in [0.25, 0.3) is 22.3 Å². The van der Waals surface area contributed by atoms with Crippen molar-refractivity contribution >= 4 is 22.4 Å². The predicted octanol–water partition coefficient (Wildman–Crippen LogP) is 3.18. The van der Waals surface area contributed by atoms with Gasteiger partial charge in [-0.05, 0) is 18.2 Å². The fourth-order valence-electron chi connectivity index (χ4n) is 3.33. The lowest BCUT2D eigenvalue weighted by Crippen LogP contribution is -2.17.